The highest BCUT2D eigenvalue weighted by atomic mass is 16.5. The summed E-state index contributed by atoms with van der Waals surface area (Å²) in [5, 5.41) is 5.13. The Kier molecular flexibility index (Phi) is 5.90. The monoisotopic (exact) mass is 276 g/mol. The maximum Gasteiger partial charge on any atom is 0.354 e. The molecule has 0 saturated heterocycles. The third-order valence-corrected chi connectivity index (χ3v) is 2.83. The van der Waals surface area contributed by atoms with Gasteiger partial charge in [0, 0.05) is 7.05 Å². The molecule has 1 aromatic carbocycles. The fraction of sp³-hybridized carbons (Fsp3) is 0.400. The van der Waals surface area contributed by atoms with Gasteiger partial charge in [0.05, 0.1) is 13.0 Å². The minimum atomic E-state index is -0.511. The van der Waals surface area contributed by atoms with Crippen LogP contribution in [-0.2, 0) is 20.7 Å². The molecule has 0 heterocycles. The van der Waals surface area contributed by atoms with Gasteiger partial charge in [-0.15, -0.1) is 0 Å². The van der Waals surface area contributed by atoms with Crippen LogP contribution in [-0.4, -0.2) is 36.3 Å². The van der Waals surface area contributed by atoms with Crippen LogP contribution in [0.2, 0.25) is 0 Å². The van der Waals surface area contributed by atoms with Crippen molar-refractivity contribution in [1.82, 2.24) is 5.01 Å². The van der Waals surface area contributed by atoms with E-state index in [4.69, 9.17) is 4.74 Å². The van der Waals surface area contributed by atoms with Crippen LogP contribution in [0.1, 0.15) is 25.0 Å². The molecule has 0 unspecified atom stereocenters. The summed E-state index contributed by atoms with van der Waals surface area (Å²) in [5.41, 5.74) is 2.17. The number of nitrogens with zero attached hydrogens (tertiary/aromatic N) is 2. The molecule has 0 spiro atoms. The molecule has 1 rings (SSSR count). The second-order valence-corrected chi connectivity index (χ2v) is 4.43. The molecule has 20 heavy (non-hydrogen) atoms. The van der Waals surface area contributed by atoms with Gasteiger partial charge in [-0.3, -0.25) is 4.79 Å². The Labute approximate surface area is 119 Å². The number of benzene rings is 1. The highest BCUT2D eigenvalue weighted by molar-refractivity contribution is 6.35. The van der Waals surface area contributed by atoms with Crippen LogP contribution in [0, 0.1) is 6.92 Å². The SMILES string of the molecule is CCOC(=O)C(C)=NN(C)C(=O)Cc1ccccc1C. The maximum atomic E-state index is 12.0. The molecule has 0 fully saturated rings. The molecule has 0 radical (unpaired) electrons. The number of hydrogen-bond donors (Lipinski definition) is 0. The zero-order chi connectivity index (χ0) is 15.1. The van der Waals surface area contributed by atoms with Crippen molar-refractivity contribution in [2.24, 2.45) is 5.10 Å². The fourth-order valence-electron chi connectivity index (χ4n) is 1.64. The standard InChI is InChI=1S/C15H20N2O3/c1-5-20-15(19)12(3)16-17(4)14(18)10-13-9-7-6-8-11(13)2/h6-9H,5,10H2,1-4H3. The molecule has 0 saturated carbocycles. The van der Waals surface area contributed by atoms with E-state index >= 15 is 0 Å². The number of aryl methyl sites for hydroxylation is 1. The molecule has 1 amide bonds. The summed E-state index contributed by atoms with van der Waals surface area (Å²) in [6, 6.07) is 7.68. The molecule has 1 aromatic rings. The van der Waals surface area contributed by atoms with Gasteiger partial charge in [0.25, 0.3) is 0 Å². The third-order valence-electron chi connectivity index (χ3n) is 2.83. The number of carbonyl (C=O) groups is 2. The quantitative estimate of drug-likeness (QED) is 0.469. The predicted molar refractivity (Wildman–Crippen MR) is 77.4 cm³/mol. The van der Waals surface area contributed by atoms with E-state index in [-0.39, 0.29) is 24.6 Å². The second-order valence-electron chi connectivity index (χ2n) is 4.43. The van der Waals surface area contributed by atoms with Crippen molar-refractivity contribution in [1.29, 1.82) is 0 Å². The molecule has 0 aliphatic heterocycles. The largest absolute Gasteiger partial charge is 0.461 e. The fourth-order valence-corrected chi connectivity index (χ4v) is 1.64. The van der Waals surface area contributed by atoms with Crippen LogP contribution in [0.4, 0.5) is 0 Å². The molecule has 5 nitrogen and oxygen atoms in total. The van der Waals surface area contributed by atoms with E-state index in [1.165, 1.54) is 19.0 Å². The van der Waals surface area contributed by atoms with Crippen molar-refractivity contribution in [3.8, 4) is 0 Å². The van der Waals surface area contributed by atoms with Gasteiger partial charge in [0.15, 0.2) is 0 Å². The van der Waals surface area contributed by atoms with Crippen LogP contribution >= 0.6 is 0 Å². The summed E-state index contributed by atoms with van der Waals surface area (Å²) in [6.07, 6.45) is 0.253. The zero-order valence-corrected chi connectivity index (χ0v) is 12.3. The highest BCUT2D eigenvalue weighted by Gasteiger charge is 2.13. The maximum absolute atomic E-state index is 12.0. The van der Waals surface area contributed by atoms with Crippen LogP contribution in [0.3, 0.4) is 0 Å². The van der Waals surface area contributed by atoms with Gasteiger partial charge >= 0.3 is 5.97 Å². The summed E-state index contributed by atoms with van der Waals surface area (Å²) in [4.78, 5) is 23.5. The van der Waals surface area contributed by atoms with E-state index in [0.29, 0.717) is 0 Å². The Balaban J connectivity index is 2.70. The summed E-state index contributed by atoms with van der Waals surface area (Å²) in [6.45, 7) is 5.48. The average Bonchev–Trinajstić information content (AvgIpc) is 2.41. The predicted octanol–water partition coefficient (Wildman–Crippen LogP) is 1.93. The van der Waals surface area contributed by atoms with Crippen molar-refractivity contribution < 1.29 is 14.3 Å². The minimum Gasteiger partial charge on any atom is -0.461 e. The second kappa shape index (κ2) is 7.43. The molecular formula is C15H20N2O3. The van der Waals surface area contributed by atoms with Gasteiger partial charge in [-0.05, 0) is 31.9 Å². The van der Waals surface area contributed by atoms with Gasteiger partial charge in [0.2, 0.25) is 5.91 Å². The van der Waals surface area contributed by atoms with E-state index in [2.05, 4.69) is 5.10 Å². The summed E-state index contributed by atoms with van der Waals surface area (Å²) >= 11 is 0. The summed E-state index contributed by atoms with van der Waals surface area (Å²) in [7, 11) is 1.53. The average molecular weight is 276 g/mol. The number of carbonyl (C=O) groups excluding carboxylic acids is 2. The van der Waals surface area contributed by atoms with Gasteiger partial charge < -0.3 is 4.74 Å². The minimum absolute atomic E-state index is 0.160. The van der Waals surface area contributed by atoms with Crippen molar-refractivity contribution >= 4 is 17.6 Å². The normalized spacial score (nSPS) is 11.1. The Hall–Kier alpha value is -2.17. The number of ether oxygens (including phenoxy) is 1. The lowest BCUT2D eigenvalue weighted by Crippen LogP contribution is -2.27. The summed E-state index contributed by atoms with van der Waals surface area (Å²) in [5.74, 6) is -0.689. The Morgan fingerprint density at radius 1 is 1.30 bits per heavy atom. The Morgan fingerprint density at radius 3 is 2.55 bits per heavy atom. The lowest BCUT2D eigenvalue weighted by atomic mass is 10.1. The van der Waals surface area contributed by atoms with Crippen LogP contribution in [0.5, 0.6) is 0 Å². The molecule has 0 aliphatic rings. The van der Waals surface area contributed by atoms with Crippen molar-refractivity contribution in [3.63, 3.8) is 0 Å². The molecular weight excluding hydrogens is 256 g/mol. The van der Waals surface area contributed by atoms with Crippen molar-refractivity contribution in [3.05, 3.63) is 35.4 Å². The van der Waals surface area contributed by atoms with Crippen molar-refractivity contribution in [2.75, 3.05) is 13.7 Å². The molecule has 5 heteroatoms. The topological polar surface area (TPSA) is 59.0 Å². The molecule has 108 valence electrons. The first-order chi connectivity index (χ1) is 9.45. The first-order valence-electron chi connectivity index (χ1n) is 6.49. The lowest BCUT2D eigenvalue weighted by molar-refractivity contribution is -0.135. The van der Waals surface area contributed by atoms with Gasteiger partial charge in [-0.25, -0.2) is 9.80 Å². The van der Waals surface area contributed by atoms with Gasteiger partial charge in [-0.1, -0.05) is 24.3 Å². The number of hydrogen-bond acceptors (Lipinski definition) is 4. The smallest absolute Gasteiger partial charge is 0.354 e. The van der Waals surface area contributed by atoms with Crippen LogP contribution in [0.15, 0.2) is 29.4 Å². The molecule has 0 aliphatic carbocycles. The number of likely N-dealkylation sites (N-methyl/N-ethyl adjacent to an activating group) is 1. The highest BCUT2D eigenvalue weighted by Crippen LogP contribution is 2.09. The molecule has 0 atom stereocenters. The first-order valence-corrected chi connectivity index (χ1v) is 6.49. The first kappa shape index (κ1) is 15.9. The van der Waals surface area contributed by atoms with Crippen molar-refractivity contribution in [2.45, 2.75) is 27.2 Å². The van der Waals surface area contributed by atoms with Crippen LogP contribution in [0.25, 0.3) is 0 Å². The van der Waals surface area contributed by atoms with Crippen LogP contribution < -0.4 is 0 Å². The Bertz CT molecular complexity index is 524. The number of esters is 1. The molecule has 0 bridgehead atoms. The lowest BCUT2D eigenvalue weighted by Gasteiger charge is -2.13. The van der Waals surface area contributed by atoms with E-state index < -0.39 is 5.97 Å². The Morgan fingerprint density at radius 2 is 1.95 bits per heavy atom. The number of hydrazone groups is 1. The molecule has 0 N–H and O–H groups in total. The number of rotatable bonds is 5. The van der Waals surface area contributed by atoms with Gasteiger partial charge in [-0.2, -0.15) is 5.10 Å². The summed E-state index contributed by atoms with van der Waals surface area (Å²) < 4.78 is 4.81. The van der Waals surface area contributed by atoms with E-state index in [1.807, 2.05) is 31.2 Å². The van der Waals surface area contributed by atoms with E-state index in [0.717, 1.165) is 11.1 Å². The van der Waals surface area contributed by atoms with Gasteiger partial charge in [0.1, 0.15) is 5.71 Å². The van der Waals surface area contributed by atoms with E-state index in [9.17, 15) is 9.59 Å². The third kappa shape index (κ3) is 4.50. The zero-order valence-electron chi connectivity index (χ0n) is 12.3. The van der Waals surface area contributed by atoms with E-state index in [1.54, 1.807) is 6.92 Å². The molecule has 0 aromatic heterocycles. The number of amides is 1.